The third-order valence-electron chi connectivity index (χ3n) is 2.05. The fraction of sp³-hybridized carbons (Fsp3) is 0.455. The quantitative estimate of drug-likeness (QED) is 0.595. The van der Waals surface area contributed by atoms with Gasteiger partial charge in [-0.2, -0.15) is 5.10 Å². The molecule has 0 aliphatic heterocycles. The van der Waals surface area contributed by atoms with Crippen LogP contribution in [0.4, 0.5) is 5.69 Å². The molecule has 1 heterocycles. The van der Waals surface area contributed by atoms with Gasteiger partial charge < -0.3 is 10.1 Å². The van der Waals surface area contributed by atoms with Gasteiger partial charge in [-0.25, -0.2) is 4.68 Å². The summed E-state index contributed by atoms with van der Waals surface area (Å²) in [7, 11) is 0. The first-order valence-corrected chi connectivity index (χ1v) is 5.76. The highest BCUT2D eigenvalue weighted by atomic mass is 35.5. The molecule has 0 radical (unpaired) electrons. The summed E-state index contributed by atoms with van der Waals surface area (Å²) < 4.78 is 6.42. The van der Waals surface area contributed by atoms with Crippen molar-refractivity contribution in [1.82, 2.24) is 9.78 Å². The monoisotopic (exact) mass is 257 g/mol. The van der Waals surface area contributed by atoms with E-state index < -0.39 is 0 Å². The Kier molecular flexibility index (Phi) is 5.72. The number of rotatable bonds is 7. The van der Waals surface area contributed by atoms with Gasteiger partial charge in [-0.3, -0.25) is 4.79 Å². The second-order valence-corrected chi connectivity index (χ2v) is 3.65. The molecule has 0 bridgehead atoms. The molecule has 5 nitrogen and oxygen atoms in total. The van der Waals surface area contributed by atoms with Crippen LogP contribution in [-0.4, -0.2) is 29.5 Å². The van der Waals surface area contributed by atoms with E-state index in [1.807, 2.05) is 6.92 Å². The van der Waals surface area contributed by atoms with Crippen LogP contribution in [0.3, 0.4) is 0 Å². The smallest absolute Gasteiger partial charge is 0.287 e. The van der Waals surface area contributed by atoms with Crippen molar-refractivity contribution in [1.29, 1.82) is 0 Å². The Balaban J connectivity index is 2.71. The minimum Gasteiger partial charge on any atom is -0.380 e. The van der Waals surface area contributed by atoms with Crippen molar-refractivity contribution in [2.24, 2.45) is 0 Å². The second-order valence-electron chi connectivity index (χ2n) is 3.27. The second kappa shape index (κ2) is 7.09. The van der Waals surface area contributed by atoms with Crippen LogP contribution in [0.2, 0.25) is 5.02 Å². The lowest BCUT2D eigenvalue weighted by molar-refractivity contribution is 0.158. The Morgan fingerprint density at radius 3 is 3.12 bits per heavy atom. The molecule has 1 rings (SSSR count). The average Bonchev–Trinajstić information content (AvgIpc) is 2.33. The molecule has 0 aliphatic rings. The molecule has 0 aromatic carbocycles. The fourth-order valence-corrected chi connectivity index (χ4v) is 1.46. The molecule has 0 atom stereocenters. The zero-order valence-electron chi connectivity index (χ0n) is 9.78. The van der Waals surface area contributed by atoms with E-state index in [9.17, 15) is 4.79 Å². The maximum absolute atomic E-state index is 11.7. The van der Waals surface area contributed by atoms with E-state index in [-0.39, 0.29) is 10.6 Å². The van der Waals surface area contributed by atoms with E-state index in [0.717, 1.165) is 0 Å². The van der Waals surface area contributed by atoms with Crippen LogP contribution in [0, 0.1) is 0 Å². The largest absolute Gasteiger partial charge is 0.380 e. The minimum absolute atomic E-state index is 0.137. The Morgan fingerprint density at radius 2 is 2.47 bits per heavy atom. The van der Waals surface area contributed by atoms with Crippen molar-refractivity contribution in [2.45, 2.75) is 13.5 Å². The maximum atomic E-state index is 11.7. The van der Waals surface area contributed by atoms with Gasteiger partial charge in [0.05, 0.1) is 25.0 Å². The molecule has 1 aromatic heterocycles. The molecule has 17 heavy (non-hydrogen) atoms. The molecular formula is C11H16ClN3O2. The van der Waals surface area contributed by atoms with Gasteiger partial charge in [-0.1, -0.05) is 17.7 Å². The number of ether oxygens (including phenoxy) is 1. The summed E-state index contributed by atoms with van der Waals surface area (Å²) in [6.45, 7) is 7.61. The Hall–Kier alpha value is -1.33. The lowest BCUT2D eigenvalue weighted by Crippen LogP contribution is -2.24. The molecule has 0 fully saturated rings. The lowest BCUT2D eigenvalue weighted by atomic mass is 10.4. The van der Waals surface area contributed by atoms with Crippen LogP contribution in [0.5, 0.6) is 0 Å². The number of nitrogens with one attached hydrogen (secondary N) is 1. The third kappa shape index (κ3) is 3.87. The molecule has 0 spiro atoms. The van der Waals surface area contributed by atoms with E-state index in [1.54, 1.807) is 6.08 Å². The number of hydrogen-bond acceptors (Lipinski definition) is 4. The lowest BCUT2D eigenvalue weighted by Gasteiger charge is -2.09. The van der Waals surface area contributed by atoms with E-state index in [2.05, 4.69) is 17.0 Å². The summed E-state index contributed by atoms with van der Waals surface area (Å²) in [5.74, 6) is 0. The minimum atomic E-state index is -0.326. The molecule has 1 N–H and O–H groups in total. The van der Waals surface area contributed by atoms with Crippen LogP contribution in [0.1, 0.15) is 6.92 Å². The van der Waals surface area contributed by atoms with Crippen molar-refractivity contribution in [3.63, 3.8) is 0 Å². The zero-order valence-corrected chi connectivity index (χ0v) is 10.5. The van der Waals surface area contributed by atoms with Gasteiger partial charge in [0.1, 0.15) is 5.02 Å². The van der Waals surface area contributed by atoms with Crippen LogP contribution in [0.25, 0.3) is 0 Å². The zero-order chi connectivity index (χ0) is 12.7. The number of hydrogen-bond donors (Lipinski definition) is 1. The van der Waals surface area contributed by atoms with E-state index in [0.29, 0.717) is 32.0 Å². The number of halogens is 1. The van der Waals surface area contributed by atoms with Crippen molar-refractivity contribution >= 4 is 17.3 Å². The summed E-state index contributed by atoms with van der Waals surface area (Å²) in [6.07, 6.45) is 3.12. The molecule has 0 amide bonds. The topological polar surface area (TPSA) is 56.1 Å². The maximum Gasteiger partial charge on any atom is 0.287 e. The number of allylic oxidation sites excluding steroid dienone is 1. The van der Waals surface area contributed by atoms with Gasteiger partial charge in [-0.15, -0.1) is 6.58 Å². The van der Waals surface area contributed by atoms with Gasteiger partial charge >= 0.3 is 0 Å². The van der Waals surface area contributed by atoms with Crippen LogP contribution in [0.15, 0.2) is 23.6 Å². The molecular weight excluding hydrogens is 242 g/mol. The van der Waals surface area contributed by atoms with Crippen LogP contribution < -0.4 is 10.9 Å². The van der Waals surface area contributed by atoms with Crippen molar-refractivity contribution in [3.05, 3.63) is 34.2 Å². The Morgan fingerprint density at radius 1 is 1.71 bits per heavy atom. The predicted octanol–water partition coefficient (Wildman–Crippen LogP) is 1.53. The molecule has 94 valence electrons. The highest BCUT2D eigenvalue weighted by Gasteiger charge is 2.07. The van der Waals surface area contributed by atoms with E-state index in [4.69, 9.17) is 16.3 Å². The summed E-state index contributed by atoms with van der Waals surface area (Å²) in [5.41, 5.74) is 0.199. The third-order valence-corrected chi connectivity index (χ3v) is 2.42. The Bertz CT molecular complexity index is 431. The van der Waals surface area contributed by atoms with Gasteiger partial charge in [0.25, 0.3) is 5.56 Å². The van der Waals surface area contributed by atoms with Crippen molar-refractivity contribution in [3.8, 4) is 0 Å². The summed E-state index contributed by atoms with van der Waals surface area (Å²) in [4.78, 5) is 11.7. The normalized spacial score (nSPS) is 10.2. The number of aromatic nitrogens is 2. The first-order valence-electron chi connectivity index (χ1n) is 5.38. The highest BCUT2D eigenvalue weighted by molar-refractivity contribution is 6.32. The van der Waals surface area contributed by atoms with Gasteiger partial charge in [0.2, 0.25) is 0 Å². The van der Waals surface area contributed by atoms with Crippen LogP contribution >= 0.6 is 11.6 Å². The summed E-state index contributed by atoms with van der Waals surface area (Å²) >= 11 is 5.94. The van der Waals surface area contributed by atoms with Gasteiger partial charge in [0.15, 0.2) is 0 Å². The van der Waals surface area contributed by atoms with Crippen LogP contribution in [-0.2, 0) is 11.3 Å². The standard InChI is InChI=1S/C11H16ClN3O2/c1-3-6-15-11(16)10(12)9(8-14-15)13-5-7-17-4-2/h3,8,13H,1,4-7H2,2H3. The average molecular weight is 258 g/mol. The van der Waals surface area contributed by atoms with Gasteiger partial charge in [0, 0.05) is 13.2 Å². The number of anilines is 1. The number of nitrogens with zero attached hydrogens (tertiary/aromatic N) is 2. The van der Waals surface area contributed by atoms with Crippen molar-refractivity contribution < 1.29 is 4.74 Å². The molecule has 0 saturated carbocycles. The summed E-state index contributed by atoms with van der Waals surface area (Å²) in [5, 5.41) is 7.11. The fourth-order valence-electron chi connectivity index (χ4n) is 1.24. The van der Waals surface area contributed by atoms with E-state index in [1.165, 1.54) is 10.9 Å². The summed E-state index contributed by atoms with van der Waals surface area (Å²) in [6, 6.07) is 0. The van der Waals surface area contributed by atoms with Crippen molar-refractivity contribution in [2.75, 3.05) is 25.1 Å². The predicted molar refractivity (Wildman–Crippen MR) is 68.7 cm³/mol. The van der Waals surface area contributed by atoms with E-state index >= 15 is 0 Å². The SMILES string of the molecule is C=CCn1ncc(NCCOCC)c(Cl)c1=O. The molecule has 6 heteroatoms. The Labute approximate surface area is 105 Å². The highest BCUT2D eigenvalue weighted by Crippen LogP contribution is 2.14. The molecule has 0 aliphatic carbocycles. The van der Waals surface area contributed by atoms with Gasteiger partial charge in [-0.05, 0) is 6.92 Å². The molecule has 1 aromatic rings. The molecule has 0 unspecified atom stereocenters. The molecule has 0 saturated heterocycles. The first kappa shape index (κ1) is 13.7. The first-order chi connectivity index (χ1) is 8.20.